The summed E-state index contributed by atoms with van der Waals surface area (Å²) < 4.78 is 10.4. The van der Waals surface area contributed by atoms with Gasteiger partial charge in [0.25, 0.3) is 0 Å². The average molecular weight is 437 g/mol. The maximum Gasteiger partial charge on any atom is 0.310 e. The zero-order valence-corrected chi connectivity index (χ0v) is 17.1. The van der Waals surface area contributed by atoms with Crippen molar-refractivity contribution in [3.05, 3.63) is 58.1 Å². The van der Waals surface area contributed by atoms with Crippen LogP contribution in [-0.4, -0.2) is 25.2 Å². The maximum atomic E-state index is 11.1. The summed E-state index contributed by atoms with van der Waals surface area (Å²) >= 11 is 3.30. The van der Waals surface area contributed by atoms with E-state index in [2.05, 4.69) is 15.9 Å². The smallest absolute Gasteiger partial charge is 0.310 e. The van der Waals surface area contributed by atoms with Crippen LogP contribution >= 0.6 is 15.9 Å². The molecule has 0 radical (unpaired) electrons. The first-order valence-electron chi connectivity index (χ1n) is 8.55. The molecule has 0 amide bonds. The van der Waals surface area contributed by atoms with Crippen LogP contribution in [0.5, 0.6) is 0 Å². The van der Waals surface area contributed by atoms with Crippen LogP contribution in [0.15, 0.2) is 46.9 Å². The van der Waals surface area contributed by atoms with Gasteiger partial charge in [0.2, 0.25) is 0 Å². The van der Waals surface area contributed by atoms with Gasteiger partial charge in [0.15, 0.2) is 0 Å². The average Bonchev–Trinajstić information content (AvgIpc) is 2.61. The minimum atomic E-state index is -0.218. The van der Waals surface area contributed by atoms with Crippen LogP contribution < -0.4 is 11.5 Å². The summed E-state index contributed by atoms with van der Waals surface area (Å²) in [5.74, 6) is -0.420. The molecule has 0 fully saturated rings. The Balaban J connectivity index is 0.000000271. The van der Waals surface area contributed by atoms with Gasteiger partial charge in [-0.15, -0.1) is 0 Å². The molecule has 2 aromatic carbocycles. The molecule has 4 N–H and O–H groups in total. The molecule has 0 atom stereocenters. The Morgan fingerprint density at radius 3 is 1.81 bits per heavy atom. The van der Waals surface area contributed by atoms with Gasteiger partial charge in [0, 0.05) is 15.8 Å². The molecule has 0 aliphatic rings. The summed E-state index contributed by atoms with van der Waals surface area (Å²) in [4.78, 5) is 22.2. The van der Waals surface area contributed by atoms with Crippen molar-refractivity contribution in [1.29, 1.82) is 0 Å². The Kier molecular flexibility index (Phi) is 9.96. The summed E-state index contributed by atoms with van der Waals surface area (Å²) in [7, 11) is 0. The van der Waals surface area contributed by atoms with Crippen LogP contribution in [-0.2, 0) is 31.9 Å². The molecule has 2 rings (SSSR count). The molecule has 2 aromatic rings. The van der Waals surface area contributed by atoms with Crippen molar-refractivity contribution in [1.82, 2.24) is 0 Å². The fourth-order valence-corrected chi connectivity index (χ4v) is 2.50. The van der Waals surface area contributed by atoms with Crippen LogP contribution in [0.2, 0.25) is 0 Å². The van der Waals surface area contributed by atoms with E-state index >= 15 is 0 Å². The Morgan fingerprint density at radius 2 is 1.33 bits per heavy atom. The molecule has 0 aliphatic heterocycles. The van der Waals surface area contributed by atoms with Crippen molar-refractivity contribution in [2.24, 2.45) is 0 Å². The molecule has 0 unspecified atom stereocenters. The van der Waals surface area contributed by atoms with E-state index in [4.69, 9.17) is 20.9 Å². The SMILES string of the molecule is CCOC(=O)Cc1ccc(N)c(Br)c1.CCOC(=O)Cc1ccc(N)cc1. The van der Waals surface area contributed by atoms with E-state index < -0.39 is 0 Å². The number of hydrogen-bond donors (Lipinski definition) is 2. The Morgan fingerprint density at radius 1 is 0.852 bits per heavy atom. The van der Waals surface area contributed by atoms with Gasteiger partial charge < -0.3 is 20.9 Å². The zero-order valence-electron chi connectivity index (χ0n) is 15.5. The lowest BCUT2D eigenvalue weighted by Gasteiger charge is -2.03. The van der Waals surface area contributed by atoms with Crippen molar-refractivity contribution in [2.45, 2.75) is 26.7 Å². The molecular formula is C20H25BrN2O4. The Bertz CT molecular complexity index is 748. The summed E-state index contributed by atoms with van der Waals surface area (Å²) in [5, 5.41) is 0. The van der Waals surface area contributed by atoms with Crippen LogP contribution in [0, 0.1) is 0 Å². The fourth-order valence-electron chi connectivity index (χ4n) is 2.07. The highest BCUT2D eigenvalue weighted by Crippen LogP contribution is 2.20. The predicted molar refractivity (Wildman–Crippen MR) is 110 cm³/mol. The largest absolute Gasteiger partial charge is 0.466 e. The van der Waals surface area contributed by atoms with Crippen molar-refractivity contribution >= 4 is 39.2 Å². The number of rotatable bonds is 6. The van der Waals surface area contributed by atoms with E-state index in [0.29, 0.717) is 31.0 Å². The molecular weight excluding hydrogens is 412 g/mol. The number of anilines is 2. The first kappa shape index (κ1) is 22.5. The van der Waals surface area contributed by atoms with E-state index in [9.17, 15) is 9.59 Å². The Hall–Kier alpha value is -2.54. The van der Waals surface area contributed by atoms with E-state index in [1.807, 2.05) is 24.3 Å². The van der Waals surface area contributed by atoms with Gasteiger partial charge in [-0.2, -0.15) is 0 Å². The van der Waals surface area contributed by atoms with Crippen molar-refractivity contribution in [2.75, 3.05) is 24.7 Å². The molecule has 0 aromatic heterocycles. The van der Waals surface area contributed by atoms with E-state index in [0.717, 1.165) is 15.6 Å². The van der Waals surface area contributed by atoms with Crippen LogP contribution in [0.1, 0.15) is 25.0 Å². The van der Waals surface area contributed by atoms with Gasteiger partial charge in [-0.05, 0) is 65.2 Å². The quantitative estimate of drug-likeness (QED) is 0.530. The maximum absolute atomic E-state index is 11.1. The number of esters is 2. The number of hydrogen-bond acceptors (Lipinski definition) is 6. The van der Waals surface area contributed by atoms with Gasteiger partial charge in [-0.25, -0.2) is 0 Å². The summed E-state index contributed by atoms with van der Waals surface area (Å²) in [6, 6.07) is 12.6. The highest BCUT2D eigenvalue weighted by Gasteiger charge is 2.05. The summed E-state index contributed by atoms with van der Waals surface area (Å²) in [5.41, 5.74) is 14.3. The molecule has 146 valence electrons. The number of carbonyl (C=O) groups is 2. The molecule has 0 saturated heterocycles. The van der Waals surface area contributed by atoms with Crippen molar-refractivity contribution in [3.8, 4) is 0 Å². The van der Waals surface area contributed by atoms with E-state index in [1.165, 1.54) is 0 Å². The lowest BCUT2D eigenvalue weighted by Crippen LogP contribution is -2.07. The number of nitrogen functional groups attached to an aromatic ring is 2. The third kappa shape index (κ3) is 9.10. The van der Waals surface area contributed by atoms with Gasteiger partial charge in [-0.3, -0.25) is 9.59 Å². The minimum absolute atomic E-state index is 0.202. The normalized spacial score (nSPS) is 9.74. The van der Waals surface area contributed by atoms with Crippen LogP contribution in [0.25, 0.3) is 0 Å². The van der Waals surface area contributed by atoms with Crippen LogP contribution in [0.4, 0.5) is 11.4 Å². The second-order valence-electron chi connectivity index (χ2n) is 5.56. The highest BCUT2D eigenvalue weighted by atomic mass is 79.9. The predicted octanol–water partition coefficient (Wildman–Crippen LogP) is 3.51. The van der Waals surface area contributed by atoms with Gasteiger partial charge in [-0.1, -0.05) is 18.2 Å². The molecule has 0 heterocycles. The second kappa shape index (κ2) is 12.0. The van der Waals surface area contributed by atoms with Gasteiger partial charge in [0.05, 0.1) is 26.1 Å². The second-order valence-corrected chi connectivity index (χ2v) is 6.42. The molecule has 0 bridgehead atoms. The minimum Gasteiger partial charge on any atom is -0.466 e. The zero-order chi connectivity index (χ0) is 20.2. The molecule has 27 heavy (non-hydrogen) atoms. The first-order valence-corrected chi connectivity index (χ1v) is 9.34. The summed E-state index contributed by atoms with van der Waals surface area (Å²) in [6.45, 7) is 4.42. The molecule has 0 spiro atoms. The fraction of sp³-hybridized carbons (Fsp3) is 0.300. The third-order valence-electron chi connectivity index (χ3n) is 3.35. The lowest BCUT2D eigenvalue weighted by molar-refractivity contribution is -0.143. The summed E-state index contributed by atoms with van der Waals surface area (Å²) in [6.07, 6.45) is 0.598. The first-order chi connectivity index (χ1) is 12.8. The Labute approximate surface area is 168 Å². The van der Waals surface area contributed by atoms with Crippen molar-refractivity contribution < 1.29 is 19.1 Å². The molecule has 0 aliphatic carbocycles. The van der Waals surface area contributed by atoms with Crippen molar-refractivity contribution in [3.63, 3.8) is 0 Å². The molecule has 6 nitrogen and oxygen atoms in total. The number of nitrogens with two attached hydrogens (primary N) is 2. The van der Waals surface area contributed by atoms with Crippen LogP contribution in [0.3, 0.4) is 0 Å². The van der Waals surface area contributed by atoms with E-state index in [1.54, 1.807) is 32.0 Å². The molecule has 0 saturated carbocycles. The van der Waals surface area contributed by atoms with Gasteiger partial charge in [0.1, 0.15) is 0 Å². The standard InChI is InChI=1S/C10H12BrNO2.C10H13NO2/c1-2-14-10(13)6-7-3-4-9(12)8(11)5-7;1-2-13-10(12)7-8-3-5-9(11)6-4-8/h3-5H,2,6,12H2,1H3;3-6H,2,7,11H2,1H3. The van der Waals surface area contributed by atoms with Gasteiger partial charge >= 0.3 is 11.9 Å². The number of carbonyl (C=O) groups excluding carboxylic acids is 2. The number of ether oxygens (including phenoxy) is 2. The number of benzene rings is 2. The lowest BCUT2D eigenvalue weighted by atomic mass is 10.1. The monoisotopic (exact) mass is 436 g/mol. The van der Waals surface area contributed by atoms with E-state index in [-0.39, 0.29) is 18.4 Å². The highest BCUT2D eigenvalue weighted by molar-refractivity contribution is 9.10. The number of halogens is 1. The third-order valence-corrected chi connectivity index (χ3v) is 4.04. The topological polar surface area (TPSA) is 105 Å². The molecule has 7 heteroatoms.